The third-order valence-electron chi connectivity index (χ3n) is 11.1. The van der Waals surface area contributed by atoms with Crippen molar-refractivity contribution in [2.45, 2.75) is 104 Å². The van der Waals surface area contributed by atoms with E-state index in [1.165, 1.54) is 0 Å². The van der Waals surface area contributed by atoms with Gasteiger partial charge in [-0.25, -0.2) is 0 Å². The molecule has 0 aromatic heterocycles. The Labute approximate surface area is 214 Å². The standard InChI is InChI=1S/C29H42O7/c1-15(2)21-9-18-11-27(13-30)20-8-7-16(3)19(20)12-28(18,29(21,27)25(31)32)14-33-23-10-22-24(17(4)34-23)36-26(5,6)35-22/h9,13,15-20,22-24H,7-8,10-12,14H2,1-6H3,(H,31,32)/t16-,17-,18+,19-,20-,22+,23?,24-,27+,28+,29+/m1/s1. The molecule has 3 saturated carbocycles. The molecule has 2 aliphatic heterocycles. The van der Waals surface area contributed by atoms with E-state index >= 15 is 0 Å². The highest BCUT2D eigenvalue weighted by atomic mass is 16.8. The first-order valence-electron chi connectivity index (χ1n) is 14.0. The zero-order valence-electron chi connectivity index (χ0n) is 22.5. The van der Waals surface area contributed by atoms with E-state index in [2.05, 4.69) is 26.8 Å². The quantitative estimate of drug-likeness (QED) is 0.420. The fourth-order valence-electron chi connectivity index (χ4n) is 9.99. The second kappa shape index (κ2) is 7.87. The summed E-state index contributed by atoms with van der Waals surface area (Å²) >= 11 is 0. The predicted octanol–water partition coefficient (Wildman–Crippen LogP) is 4.58. The van der Waals surface area contributed by atoms with Gasteiger partial charge in [-0.1, -0.05) is 38.8 Å². The molecule has 2 saturated heterocycles. The van der Waals surface area contributed by atoms with E-state index in [1.54, 1.807) is 0 Å². The molecule has 0 aromatic rings. The number of ether oxygens (including phenoxy) is 4. The van der Waals surface area contributed by atoms with Gasteiger partial charge >= 0.3 is 5.97 Å². The van der Waals surface area contributed by atoms with Gasteiger partial charge in [0.15, 0.2) is 12.1 Å². The van der Waals surface area contributed by atoms with Crippen LogP contribution in [-0.4, -0.2) is 54.4 Å². The molecule has 36 heavy (non-hydrogen) atoms. The van der Waals surface area contributed by atoms with Crippen molar-refractivity contribution in [2.24, 2.45) is 45.8 Å². The normalized spacial score (nSPS) is 52.2. The maximum atomic E-state index is 13.6. The van der Waals surface area contributed by atoms with E-state index in [-0.39, 0.29) is 42.7 Å². The summed E-state index contributed by atoms with van der Waals surface area (Å²) in [5, 5.41) is 11.1. The number of hydrogen-bond donors (Lipinski definition) is 1. The molecule has 4 aliphatic carbocycles. The Morgan fingerprint density at radius 2 is 1.97 bits per heavy atom. The maximum Gasteiger partial charge on any atom is 0.315 e. The van der Waals surface area contributed by atoms with Crippen LogP contribution in [0, 0.1) is 45.8 Å². The minimum Gasteiger partial charge on any atom is -0.481 e. The molecule has 4 bridgehead atoms. The van der Waals surface area contributed by atoms with Crippen LogP contribution in [0.15, 0.2) is 11.6 Å². The summed E-state index contributed by atoms with van der Waals surface area (Å²) in [6.45, 7) is 12.5. The molecule has 1 N–H and O–H groups in total. The van der Waals surface area contributed by atoms with Crippen molar-refractivity contribution >= 4 is 12.3 Å². The lowest BCUT2D eigenvalue weighted by Crippen LogP contribution is -2.63. The van der Waals surface area contributed by atoms with E-state index < -0.39 is 34.3 Å². The van der Waals surface area contributed by atoms with E-state index in [0.29, 0.717) is 24.7 Å². The minimum absolute atomic E-state index is 0.0211. The lowest BCUT2D eigenvalue weighted by atomic mass is 9.43. The van der Waals surface area contributed by atoms with Crippen molar-refractivity contribution < 1.29 is 33.6 Å². The number of fused-ring (bicyclic) bond motifs is 3. The topological polar surface area (TPSA) is 91.3 Å². The van der Waals surface area contributed by atoms with Crippen LogP contribution in [0.25, 0.3) is 0 Å². The van der Waals surface area contributed by atoms with Crippen molar-refractivity contribution in [1.82, 2.24) is 0 Å². The Morgan fingerprint density at radius 3 is 2.64 bits per heavy atom. The zero-order valence-corrected chi connectivity index (χ0v) is 22.5. The second-order valence-electron chi connectivity index (χ2n) is 13.4. The largest absolute Gasteiger partial charge is 0.481 e. The highest BCUT2D eigenvalue weighted by Gasteiger charge is 2.84. The molecule has 11 atom stereocenters. The number of aliphatic carboxylic acids is 1. The van der Waals surface area contributed by atoms with E-state index in [9.17, 15) is 14.7 Å². The zero-order chi connectivity index (χ0) is 25.8. The fourth-order valence-corrected chi connectivity index (χ4v) is 9.99. The van der Waals surface area contributed by atoms with Crippen LogP contribution in [0.5, 0.6) is 0 Å². The molecule has 5 fully saturated rings. The average molecular weight is 503 g/mol. The van der Waals surface area contributed by atoms with Gasteiger partial charge in [0.2, 0.25) is 0 Å². The minimum atomic E-state index is -1.22. The van der Waals surface area contributed by atoms with Crippen LogP contribution in [-0.2, 0) is 28.5 Å². The van der Waals surface area contributed by atoms with Gasteiger partial charge in [-0.05, 0) is 69.6 Å². The molecule has 7 nitrogen and oxygen atoms in total. The first-order valence-corrected chi connectivity index (χ1v) is 14.0. The molecule has 0 amide bonds. The third-order valence-corrected chi connectivity index (χ3v) is 11.1. The number of rotatable bonds is 6. The molecule has 0 radical (unpaired) electrons. The number of allylic oxidation sites excluding steroid dienone is 1. The number of carbonyl (C=O) groups excluding carboxylic acids is 1. The van der Waals surface area contributed by atoms with Crippen LogP contribution < -0.4 is 0 Å². The Morgan fingerprint density at radius 1 is 1.22 bits per heavy atom. The van der Waals surface area contributed by atoms with Gasteiger partial charge in [-0.2, -0.15) is 0 Å². The van der Waals surface area contributed by atoms with E-state index in [0.717, 1.165) is 31.1 Å². The maximum absolute atomic E-state index is 13.6. The van der Waals surface area contributed by atoms with Gasteiger partial charge in [0, 0.05) is 11.8 Å². The van der Waals surface area contributed by atoms with Gasteiger partial charge < -0.3 is 28.8 Å². The summed E-state index contributed by atoms with van der Waals surface area (Å²) < 4.78 is 25.0. The third kappa shape index (κ3) is 2.89. The molecule has 6 rings (SSSR count). The number of aldehydes is 1. The van der Waals surface area contributed by atoms with Crippen LogP contribution in [0.4, 0.5) is 0 Å². The van der Waals surface area contributed by atoms with Gasteiger partial charge in [0.25, 0.3) is 0 Å². The average Bonchev–Trinajstić information content (AvgIpc) is 3.47. The molecule has 6 aliphatic rings. The predicted molar refractivity (Wildman–Crippen MR) is 131 cm³/mol. The van der Waals surface area contributed by atoms with Gasteiger partial charge in [-0.3, -0.25) is 4.79 Å². The summed E-state index contributed by atoms with van der Waals surface area (Å²) in [5.74, 6) is -0.471. The molecular formula is C29H42O7. The Balaban J connectivity index is 1.37. The summed E-state index contributed by atoms with van der Waals surface area (Å²) in [6.07, 6.45) is 6.29. The second-order valence-corrected chi connectivity index (χ2v) is 13.4. The summed E-state index contributed by atoms with van der Waals surface area (Å²) in [6, 6.07) is 0. The molecular weight excluding hydrogens is 460 g/mol. The summed E-state index contributed by atoms with van der Waals surface area (Å²) in [5.41, 5.74) is -1.79. The van der Waals surface area contributed by atoms with Crippen molar-refractivity contribution in [2.75, 3.05) is 6.61 Å². The Bertz CT molecular complexity index is 988. The van der Waals surface area contributed by atoms with Crippen molar-refractivity contribution in [1.29, 1.82) is 0 Å². The van der Waals surface area contributed by atoms with Gasteiger partial charge in [-0.15, -0.1) is 0 Å². The summed E-state index contributed by atoms with van der Waals surface area (Å²) in [4.78, 5) is 26.7. The van der Waals surface area contributed by atoms with Gasteiger partial charge in [0.1, 0.15) is 17.8 Å². The smallest absolute Gasteiger partial charge is 0.315 e. The molecule has 1 unspecified atom stereocenters. The fraction of sp³-hybridized carbons (Fsp3) is 0.862. The number of carbonyl (C=O) groups is 2. The highest BCUT2D eigenvalue weighted by molar-refractivity contribution is 5.90. The first kappa shape index (κ1) is 25.0. The van der Waals surface area contributed by atoms with Crippen molar-refractivity contribution in [3.63, 3.8) is 0 Å². The molecule has 200 valence electrons. The van der Waals surface area contributed by atoms with Crippen LogP contribution in [0.2, 0.25) is 0 Å². The Hall–Kier alpha value is -1.28. The number of carboxylic acids is 1. The van der Waals surface area contributed by atoms with E-state index in [1.807, 2.05) is 20.8 Å². The first-order chi connectivity index (χ1) is 16.9. The van der Waals surface area contributed by atoms with Crippen LogP contribution in [0.1, 0.15) is 73.6 Å². The summed E-state index contributed by atoms with van der Waals surface area (Å²) in [7, 11) is 0. The monoisotopic (exact) mass is 502 g/mol. The van der Waals surface area contributed by atoms with Crippen molar-refractivity contribution in [3.05, 3.63) is 11.6 Å². The molecule has 0 spiro atoms. The molecule has 7 heteroatoms. The lowest BCUT2D eigenvalue weighted by molar-refractivity contribution is -0.248. The van der Waals surface area contributed by atoms with Crippen molar-refractivity contribution in [3.8, 4) is 0 Å². The van der Waals surface area contributed by atoms with Crippen LogP contribution >= 0.6 is 0 Å². The van der Waals surface area contributed by atoms with Crippen LogP contribution in [0.3, 0.4) is 0 Å². The lowest BCUT2D eigenvalue weighted by Gasteiger charge is -2.58. The van der Waals surface area contributed by atoms with Gasteiger partial charge in [0.05, 0.1) is 24.2 Å². The highest BCUT2D eigenvalue weighted by Crippen LogP contribution is 2.82. The molecule has 2 heterocycles. The Kier molecular flexibility index (Phi) is 5.47. The van der Waals surface area contributed by atoms with E-state index in [4.69, 9.17) is 18.9 Å². The number of hydrogen-bond acceptors (Lipinski definition) is 6. The number of carboxylic acid groups (broad SMARTS) is 1. The molecule has 0 aromatic carbocycles. The SMILES string of the molecule is CC(C)C1=C[C@H]2C[C@]3(C=O)[C@@H]4CC[C@@H](C)[C@H]4C[C@@]2(COC2C[C@@H]4OC(C)(C)O[C@@H]4[C@@H](C)O2)[C@]13C(=O)O.